The Labute approximate surface area is 172 Å². The Morgan fingerprint density at radius 3 is 2.34 bits per heavy atom. The molecule has 1 aliphatic heterocycles. The minimum absolute atomic E-state index is 0.0522. The van der Waals surface area contributed by atoms with Gasteiger partial charge in [0.05, 0.1) is 26.4 Å². The van der Waals surface area contributed by atoms with Crippen LogP contribution in [0.4, 0.5) is 0 Å². The zero-order chi connectivity index (χ0) is 21.4. The maximum atomic E-state index is 12.4. The summed E-state index contributed by atoms with van der Waals surface area (Å²) in [5.41, 5.74) is 1.62. The summed E-state index contributed by atoms with van der Waals surface area (Å²) in [7, 11) is 1.30. The van der Waals surface area contributed by atoms with Crippen molar-refractivity contribution in [3.05, 3.63) is 35.4 Å². The summed E-state index contributed by atoms with van der Waals surface area (Å²) in [5.74, 6) is -1.97. The van der Waals surface area contributed by atoms with Crippen LogP contribution in [0.3, 0.4) is 0 Å². The summed E-state index contributed by atoms with van der Waals surface area (Å²) in [4.78, 5) is 35.9. The van der Waals surface area contributed by atoms with Crippen LogP contribution < -0.4 is 5.32 Å². The fourth-order valence-electron chi connectivity index (χ4n) is 3.22. The van der Waals surface area contributed by atoms with E-state index in [4.69, 9.17) is 9.47 Å². The normalized spacial score (nSPS) is 22.6. The summed E-state index contributed by atoms with van der Waals surface area (Å²) in [6, 6.07) is 6.76. The number of unbranched alkanes of at least 4 members (excludes halogenated alkanes) is 1. The van der Waals surface area contributed by atoms with Crippen molar-refractivity contribution < 1.29 is 28.6 Å². The first-order valence-corrected chi connectivity index (χ1v) is 9.99. The van der Waals surface area contributed by atoms with E-state index in [-0.39, 0.29) is 17.6 Å². The van der Waals surface area contributed by atoms with Crippen molar-refractivity contribution in [3.8, 4) is 0 Å². The number of benzene rings is 1. The Morgan fingerprint density at radius 2 is 1.79 bits per heavy atom. The summed E-state index contributed by atoms with van der Waals surface area (Å²) in [6.07, 6.45) is 3.11. The largest absolute Gasteiger partial charge is 0.465 e. The second-order valence-corrected chi connectivity index (χ2v) is 7.71. The zero-order valence-electron chi connectivity index (χ0n) is 17.7. The minimum Gasteiger partial charge on any atom is -0.465 e. The van der Waals surface area contributed by atoms with Crippen LogP contribution >= 0.6 is 0 Å². The highest BCUT2D eigenvalue weighted by Crippen LogP contribution is 2.25. The lowest BCUT2D eigenvalue weighted by Gasteiger charge is -2.35. The molecule has 0 bridgehead atoms. The number of carbonyl (C=O) groups is 3. The van der Waals surface area contributed by atoms with Crippen LogP contribution in [0.15, 0.2) is 24.3 Å². The lowest BCUT2D eigenvalue weighted by atomic mass is 9.98. The van der Waals surface area contributed by atoms with Gasteiger partial charge in [0, 0.05) is 18.4 Å². The van der Waals surface area contributed by atoms with Crippen molar-refractivity contribution in [2.45, 2.75) is 58.3 Å². The van der Waals surface area contributed by atoms with Crippen LogP contribution in [0, 0.1) is 12.8 Å². The van der Waals surface area contributed by atoms with Gasteiger partial charge >= 0.3 is 5.97 Å². The molecule has 0 saturated carbocycles. The fourth-order valence-corrected chi connectivity index (χ4v) is 3.22. The van der Waals surface area contributed by atoms with Gasteiger partial charge in [0.15, 0.2) is 5.78 Å². The van der Waals surface area contributed by atoms with Gasteiger partial charge in [0.2, 0.25) is 0 Å². The second-order valence-electron chi connectivity index (χ2n) is 7.71. The Hall–Kier alpha value is -2.25. The van der Waals surface area contributed by atoms with Gasteiger partial charge in [0.25, 0.3) is 11.7 Å². The van der Waals surface area contributed by atoms with Gasteiger partial charge < -0.3 is 19.5 Å². The molecule has 7 heteroatoms. The summed E-state index contributed by atoms with van der Waals surface area (Å²) in [6.45, 7) is 5.86. The third-order valence-corrected chi connectivity index (χ3v) is 5.21. The van der Waals surface area contributed by atoms with Crippen molar-refractivity contribution in [2.24, 2.45) is 5.92 Å². The number of hydrogen-bond acceptors (Lipinski definition) is 6. The van der Waals surface area contributed by atoms with E-state index in [9.17, 15) is 14.4 Å². The molecule has 160 valence electrons. The maximum absolute atomic E-state index is 12.4. The van der Waals surface area contributed by atoms with Crippen molar-refractivity contribution >= 4 is 17.7 Å². The number of hydrogen-bond donors (Lipinski definition) is 1. The fraction of sp³-hybridized carbons (Fsp3) is 0.591. The number of nitrogens with one attached hydrogen (secondary N) is 1. The molecule has 0 aromatic heterocycles. The third-order valence-electron chi connectivity index (χ3n) is 5.21. The van der Waals surface area contributed by atoms with Crippen molar-refractivity contribution in [1.29, 1.82) is 0 Å². The number of carbonyl (C=O) groups excluding carboxylic acids is 3. The minimum atomic E-state index is -1.33. The Morgan fingerprint density at radius 1 is 1.17 bits per heavy atom. The van der Waals surface area contributed by atoms with Gasteiger partial charge in [-0.05, 0) is 38.8 Å². The molecule has 29 heavy (non-hydrogen) atoms. The molecule has 0 spiro atoms. The smallest absolute Gasteiger partial charge is 0.366 e. The monoisotopic (exact) mass is 405 g/mol. The van der Waals surface area contributed by atoms with E-state index in [2.05, 4.69) is 10.1 Å². The Bertz CT molecular complexity index is 707. The highest BCUT2D eigenvalue weighted by atomic mass is 16.7. The van der Waals surface area contributed by atoms with Gasteiger partial charge in [-0.2, -0.15) is 0 Å². The summed E-state index contributed by atoms with van der Waals surface area (Å²) < 4.78 is 15.8. The first-order chi connectivity index (χ1) is 13.7. The molecular formula is C22H31NO6. The molecule has 1 N–H and O–H groups in total. The second kappa shape index (κ2) is 10.5. The molecular weight excluding hydrogens is 374 g/mol. The number of methoxy groups -OCH3 is 1. The Kier molecular flexibility index (Phi) is 8.34. The van der Waals surface area contributed by atoms with Crippen LogP contribution in [0.5, 0.6) is 0 Å². The van der Waals surface area contributed by atoms with E-state index in [0.29, 0.717) is 25.2 Å². The number of aryl methyl sites for hydroxylation is 1. The standard InChI is InChI=1S/C22H31NO6/c1-15-9-11-18(12-10-15)20(25)23-19(16(2)24)8-6-5-7-17-13-28-22(3,29-14-17)21(26)27-4/h9-12,17,19H,5-8,13-14H2,1-4H3,(H,23,25). The lowest BCUT2D eigenvalue weighted by molar-refractivity contribution is -0.272. The highest BCUT2D eigenvalue weighted by molar-refractivity contribution is 5.97. The van der Waals surface area contributed by atoms with Crippen molar-refractivity contribution in [1.82, 2.24) is 5.32 Å². The first-order valence-electron chi connectivity index (χ1n) is 9.99. The van der Waals surface area contributed by atoms with E-state index in [1.54, 1.807) is 19.1 Å². The molecule has 0 aliphatic carbocycles. The maximum Gasteiger partial charge on any atom is 0.366 e. The number of rotatable bonds is 9. The summed E-state index contributed by atoms with van der Waals surface area (Å²) in [5, 5.41) is 2.83. The molecule has 1 aliphatic rings. The number of esters is 1. The number of amides is 1. The number of ether oxygens (including phenoxy) is 3. The van der Waals surface area contributed by atoms with Crippen molar-refractivity contribution in [2.75, 3.05) is 20.3 Å². The third kappa shape index (κ3) is 6.65. The van der Waals surface area contributed by atoms with E-state index >= 15 is 0 Å². The van der Waals surface area contributed by atoms with Crippen LogP contribution in [0.25, 0.3) is 0 Å². The molecule has 1 aromatic carbocycles. The van der Waals surface area contributed by atoms with Crippen LogP contribution in [-0.2, 0) is 23.8 Å². The number of ketones is 1. The average Bonchev–Trinajstić information content (AvgIpc) is 2.71. The SMILES string of the molecule is COC(=O)C1(C)OCC(CCCCC(NC(=O)c2ccc(C)cc2)C(C)=O)CO1. The molecule has 1 fully saturated rings. The van der Waals surface area contributed by atoms with Gasteiger partial charge in [-0.3, -0.25) is 9.59 Å². The summed E-state index contributed by atoms with van der Waals surface area (Å²) >= 11 is 0. The van der Waals surface area contributed by atoms with Crippen LogP contribution in [0.1, 0.15) is 55.5 Å². The molecule has 2 rings (SSSR count). The molecule has 1 aromatic rings. The Balaban J connectivity index is 1.73. The van der Waals surface area contributed by atoms with Crippen LogP contribution in [0.2, 0.25) is 0 Å². The molecule has 1 heterocycles. The lowest BCUT2D eigenvalue weighted by Crippen LogP contribution is -2.48. The predicted molar refractivity (Wildman–Crippen MR) is 107 cm³/mol. The van der Waals surface area contributed by atoms with Crippen molar-refractivity contribution in [3.63, 3.8) is 0 Å². The molecule has 1 atom stereocenters. The molecule has 0 radical (unpaired) electrons. The van der Waals surface area contributed by atoms with Crippen LogP contribution in [-0.4, -0.2) is 49.8 Å². The van der Waals surface area contributed by atoms with Gasteiger partial charge in [-0.15, -0.1) is 0 Å². The highest BCUT2D eigenvalue weighted by Gasteiger charge is 2.41. The quantitative estimate of drug-likeness (QED) is 0.502. The molecule has 1 unspecified atom stereocenters. The topological polar surface area (TPSA) is 90.9 Å². The van der Waals surface area contributed by atoms with Gasteiger partial charge in [-0.1, -0.05) is 30.5 Å². The van der Waals surface area contributed by atoms with E-state index < -0.39 is 17.8 Å². The van der Waals surface area contributed by atoms with E-state index in [1.807, 2.05) is 19.1 Å². The van der Waals surface area contributed by atoms with Gasteiger partial charge in [-0.25, -0.2) is 4.79 Å². The number of Topliss-reactive ketones (excluding diaryl/α,β-unsaturated/α-hetero) is 1. The average molecular weight is 405 g/mol. The molecule has 1 saturated heterocycles. The van der Waals surface area contributed by atoms with E-state index in [1.165, 1.54) is 14.0 Å². The molecule has 1 amide bonds. The zero-order valence-corrected chi connectivity index (χ0v) is 17.7. The van der Waals surface area contributed by atoms with E-state index in [0.717, 1.165) is 24.8 Å². The first kappa shape index (κ1) is 23.0. The predicted octanol–water partition coefficient (Wildman–Crippen LogP) is 2.80. The van der Waals surface area contributed by atoms with Gasteiger partial charge in [0.1, 0.15) is 0 Å². The molecule has 7 nitrogen and oxygen atoms in total.